The summed E-state index contributed by atoms with van der Waals surface area (Å²) in [5.74, 6) is -1.38. The quantitative estimate of drug-likeness (QED) is 0.845. The number of hydrogen-bond acceptors (Lipinski definition) is 4. The molecular weight excluding hydrogens is 284 g/mol. The van der Waals surface area contributed by atoms with Crippen molar-refractivity contribution in [3.63, 3.8) is 0 Å². The number of carboxylic acids is 1. The summed E-state index contributed by atoms with van der Waals surface area (Å²) in [6, 6.07) is 10.1. The Morgan fingerprint density at radius 2 is 1.91 bits per heavy atom. The molecule has 5 heteroatoms. The number of hydrogen-bond donors (Lipinski definition) is 2. The third kappa shape index (κ3) is 2.41. The molecule has 0 radical (unpaired) electrons. The molecule has 0 atom stereocenters. The first-order valence-electron chi connectivity index (χ1n) is 6.90. The van der Waals surface area contributed by atoms with Crippen molar-refractivity contribution in [2.24, 2.45) is 0 Å². The van der Waals surface area contributed by atoms with E-state index in [0.29, 0.717) is 24.3 Å². The summed E-state index contributed by atoms with van der Waals surface area (Å²) in [5.41, 5.74) is 1.46. The minimum absolute atomic E-state index is 0.0532. The summed E-state index contributed by atoms with van der Waals surface area (Å²) in [7, 11) is 0. The molecule has 2 aromatic carbocycles. The molecule has 0 saturated carbocycles. The topological polar surface area (TPSA) is 83.8 Å². The largest absolute Gasteiger partial charge is 0.507 e. The molecule has 0 bridgehead atoms. The Bertz CT molecular complexity index is 749. The van der Waals surface area contributed by atoms with Crippen LogP contribution in [-0.2, 0) is 17.6 Å². The number of phenols is 1. The van der Waals surface area contributed by atoms with Gasteiger partial charge in [-0.1, -0.05) is 30.3 Å². The van der Waals surface area contributed by atoms with Gasteiger partial charge in [-0.15, -0.1) is 0 Å². The number of phenolic OH excluding ortho intramolecular Hbond substituents is 1. The first kappa shape index (κ1) is 14.1. The SMILES string of the molecule is O=C(O)Cc1cc2c(c(C(=O)c3ccccc3)c1O)OCC2. The number of rotatable bonds is 4. The van der Waals surface area contributed by atoms with Gasteiger partial charge in [0.05, 0.1) is 13.0 Å². The number of benzene rings is 2. The number of aromatic hydroxyl groups is 1. The van der Waals surface area contributed by atoms with Crippen molar-refractivity contribution < 1.29 is 24.5 Å². The number of ketones is 1. The van der Waals surface area contributed by atoms with Crippen molar-refractivity contribution >= 4 is 11.8 Å². The Balaban J connectivity index is 2.15. The molecule has 0 saturated heterocycles. The molecule has 2 aromatic rings. The Labute approximate surface area is 126 Å². The van der Waals surface area contributed by atoms with Gasteiger partial charge in [0, 0.05) is 17.5 Å². The zero-order valence-corrected chi connectivity index (χ0v) is 11.7. The van der Waals surface area contributed by atoms with Crippen LogP contribution in [-0.4, -0.2) is 28.6 Å². The van der Waals surface area contributed by atoms with Gasteiger partial charge in [-0.2, -0.15) is 0 Å². The normalized spacial score (nSPS) is 12.5. The molecule has 5 nitrogen and oxygen atoms in total. The van der Waals surface area contributed by atoms with Gasteiger partial charge in [0.2, 0.25) is 5.78 Å². The monoisotopic (exact) mass is 298 g/mol. The Morgan fingerprint density at radius 3 is 2.59 bits per heavy atom. The van der Waals surface area contributed by atoms with Gasteiger partial charge in [-0.25, -0.2) is 0 Å². The van der Waals surface area contributed by atoms with Gasteiger partial charge in [0.25, 0.3) is 0 Å². The summed E-state index contributed by atoms with van der Waals surface area (Å²) < 4.78 is 5.48. The van der Waals surface area contributed by atoms with Crippen molar-refractivity contribution in [1.82, 2.24) is 0 Å². The van der Waals surface area contributed by atoms with Crippen molar-refractivity contribution in [3.05, 3.63) is 58.7 Å². The number of ether oxygens (including phenoxy) is 1. The van der Waals surface area contributed by atoms with Crippen LogP contribution in [0.2, 0.25) is 0 Å². The second kappa shape index (κ2) is 5.52. The smallest absolute Gasteiger partial charge is 0.307 e. The minimum Gasteiger partial charge on any atom is -0.507 e. The summed E-state index contributed by atoms with van der Waals surface area (Å²) in [6.45, 7) is 0.417. The number of carboxylic acid groups (broad SMARTS) is 1. The van der Waals surface area contributed by atoms with E-state index in [-0.39, 0.29) is 29.1 Å². The minimum atomic E-state index is -1.06. The molecule has 1 aliphatic rings. The van der Waals surface area contributed by atoms with Crippen LogP contribution in [0.4, 0.5) is 0 Å². The van der Waals surface area contributed by atoms with Crippen molar-refractivity contribution in [3.8, 4) is 11.5 Å². The lowest BCUT2D eigenvalue weighted by molar-refractivity contribution is -0.136. The van der Waals surface area contributed by atoms with Crippen LogP contribution in [0.15, 0.2) is 36.4 Å². The van der Waals surface area contributed by atoms with E-state index in [4.69, 9.17) is 9.84 Å². The molecule has 0 spiro atoms. The summed E-state index contributed by atoms with van der Waals surface area (Å²) in [6.07, 6.45) is 0.255. The molecular formula is C17H14O5. The maximum atomic E-state index is 12.7. The second-order valence-electron chi connectivity index (χ2n) is 5.11. The van der Waals surface area contributed by atoms with Gasteiger partial charge < -0.3 is 14.9 Å². The van der Waals surface area contributed by atoms with Gasteiger partial charge in [0.15, 0.2) is 0 Å². The maximum absolute atomic E-state index is 12.7. The van der Waals surface area contributed by atoms with E-state index < -0.39 is 5.97 Å². The lowest BCUT2D eigenvalue weighted by Crippen LogP contribution is -2.08. The summed E-state index contributed by atoms with van der Waals surface area (Å²) in [5, 5.41) is 19.3. The lowest BCUT2D eigenvalue weighted by atomic mass is 9.94. The van der Waals surface area contributed by atoms with E-state index in [1.54, 1.807) is 36.4 Å². The molecule has 1 heterocycles. The van der Waals surface area contributed by atoms with Crippen LogP contribution in [0, 0.1) is 0 Å². The van der Waals surface area contributed by atoms with Crippen LogP contribution in [0.5, 0.6) is 11.5 Å². The molecule has 22 heavy (non-hydrogen) atoms. The predicted molar refractivity (Wildman–Crippen MR) is 78.5 cm³/mol. The first-order chi connectivity index (χ1) is 10.6. The third-order valence-corrected chi connectivity index (χ3v) is 3.63. The van der Waals surface area contributed by atoms with Gasteiger partial charge in [0.1, 0.15) is 17.1 Å². The average molecular weight is 298 g/mol. The molecule has 0 aromatic heterocycles. The van der Waals surface area contributed by atoms with Crippen LogP contribution >= 0.6 is 0 Å². The Hall–Kier alpha value is -2.82. The maximum Gasteiger partial charge on any atom is 0.307 e. The molecule has 112 valence electrons. The van der Waals surface area contributed by atoms with E-state index in [1.807, 2.05) is 0 Å². The van der Waals surface area contributed by atoms with Crippen LogP contribution in [0.25, 0.3) is 0 Å². The van der Waals surface area contributed by atoms with E-state index in [2.05, 4.69) is 0 Å². The van der Waals surface area contributed by atoms with Crippen molar-refractivity contribution in [2.75, 3.05) is 6.61 Å². The van der Waals surface area contributed by atoms with Crippen molar-refractivity contribution in [1.29, 1.82) is 0 Å². The number of carbonyl (C=O) groups excluding carboxylic acids is 1. The number of fused-ring (bicyclic) bond motifs is 1. The lowest BCUT2D eigenvalue weighted by Gasteiger charge is -2.13. The van der Waals surface area contributed by atoms with E-state index in [0.717, 1.165) is 5.56 Å². The van der Waals surface area contributed by atoms with Gasteiger partial charge >= 0.3 is 5.97 Å². The van der Waals surface area contributed by atoms with E-state index in [9.17, 15) is 14.7 Å². The highest BCUT2D eigenvalue weighted by atomic mass is 16.5. The van der Waals surface area contributed by atoms with Crippen molar-refractivity contribution in [2.45, 2.75) is 12.8 Å². The van der Waals surface area contributed by atoms with Crippen LogP contribution in [0.1, 0.15) is 27.0 Å². The Kier molecular flexibility index (Phi) is 3.55. The average Bonchev–Trinajstić information content (AvgIpc) is 2.95. The zero-order chi connectivity index (χ0) is 15.7. The van der Waals surface area contributed by atoms with E-state index >= 15 is 0 Å². The standard InChI is InChI=1S/C17H14O5/c18-13(19)9-12-8-11-6-7-22-17(11)14(16(12)21)15(20)10-4-2-1-3-5-10/h1-5,8,21H,6-7,9H2,(H,18,19). The van der Waals surface area contributed by atoms with Crippen LogP contribution in [0.3, 0.4) is 0 Å². The molecule has 0 unspecified atom stereocenters. The molecule has 1 aliphatic heterocycles. The summed E-state index contributed by atoms with van der Waals surface area (Å²) in [4.78, 5) is 23.6. The highest BCUT2D eigenvalue weighted by Crippen LogP contribution is 2.39. The fourth-order valence-corrected chi connectivity index (χ4v) is 2.63. The predicted octanol–water partition coefficient (Wildman–Crippen LogP) is 2.19. The molecule has 0 fully saturated rings. The Morgan fingerprint density at radius 1 is 1.18 bits per heavy atom. The zero-order valence-electron chi connectivity index (χ0n) is 11.7. The molecule has 3 rings (SSSR count). The second-order valence-corrected chi connectivity index (χ2v) is 5.11. The summed E-state index contributed by atoms with van der Waals surface area (Å²) >= 11 is 0. The first-order valence-corrected chi connectivity index (χ1v) is 6.90. The molecule has 0 aliphatic carbocycles. The van der Waals surface area contributed by atoms with Crippen LogP contribution < -0.4 is 4.74 Å². The molecule has 2 N–H and O–H groups in total. The number of carbonyl (C=O) groups is 2. The number of aliphatic carboxylic acids is 1. The van der Waals surface area contributed by atoms with E-state index in [1.165, 1.54) is 0 Å². The molecule has 0 amide bonds. The van der Waals surface area contributed by atoms with Gasteiger partial charge in [-0.05, 0) is 11.6 Å². The fraction of sp³-hybridized carbons (Fsp3) is 0.176. The highest BCUT2D eigenvalue weighted by Gasteiger charge is 2.28. The highest BCUT2D eigenvalue weighted by molar-refractivity contribution is 6.13. The van der Waals surface area contributed by atoms with Gasteiger partial charge in [-0.3, -0.25) is 9.59 Å². The third-order valence-electron chi connectivity index (χ3n) is 3.63. The fourth-order valence-electron chi connectivity index (χ4n) is 2.63.